The van der Waals surface area contributed by atoms with E-state index in [1.807, 2.05) is 30.6 Å². The van der Waals surface area contributed by atoms with Gasteiger partial charge in [-0.3, -0.25) is 9.88 Å². The molecule has 0 amide bonds. The third-order valence-corrected chi connectivity index (χ3v) is 5.17. The highest BCUT2D eigenvalue weighted by Gasteiger charge is 2.30. The van der Waals surface area contributed by atoms with Crippen molar-refractivity contribution in [2.24, 2.45) is 0 Å². The molecule has 0 N–H and O–H groups in total. The van der Waals surface area contributed by atoms with Crippen LogP contribution in [0.2, 0.25) is 5.02 Å². The summed E-state index contributed by atoms with van der Waals surface area (Å²) in [6.45, 7) is 3.75. The van der Waals surface area contributed by atoms with Crippen molar-refractivity contribution in [2.75, 3.05) is 0 Å². The summed E-state index contributed by atoms with van der Waals surface area (Å²) in [4.78, 5) is 11.5. The molecule has 0 bridgehead atoms. The third kappa shape index (κ3) is 3.14. The van der Waals surface area contributed by atoms with E-state index >= 15 is 0 Å². The van der Waals surface area contributed by atoms with Crippen molar-refractivity contribution in [3.05, 3.63) is 70.6 Å². The van der Waals surface area contributed by atoms with Gasteiger partial charge in [-0.2, -0.15) is 0 Å². The molecule has 4 heteroatoms. The number of benzene rings is 1. The summed E-state index contributed by atoms with van der Waals surface area (Å²) in [5.41, 5.74) is 4.35. The summed E-state index contributed by atoms with van der Waals surface area (Å²) >= 11 is 6.64. The van der Waals surface area contributed by atoms with E-state index in [2.05, 4.69) is 35.0 Å². The molecule has 0 unspecified atom stereocenters. The largest absolute Gasteiger partial charge is 0.290 e. The topological polar surface area (TPSA) is 29.0 Å². The molecule has 2 aromatic heterocycles. The van der Waals surface area contributed by atoms with Gasteiger partial charge in [0.2, 0.25) is 0 Å². The highest BCUT2D eigenvalue weighted by atomic mass is 35.5. The Balaban J connectivity index is 1.65. The van der Waals surface area contributed by atoms with Gasteiger partial charge in [0.15, 0.2) is 0 Å². The SMILES string of the molecule is Cc1c(Cl)c(CN(Cc2cccnc2)C2CC2)nc2ccccc12. The molecule has 0 spiro atoms. The fourth-order valence-corrected chi connectivity index (χ4v) is 3.40. The van der Waals surface area contributed by atoms with Crippen LogP contribution in [-0.4, -0.2) is 20.9 Å². The minimum absolute atomic E-state index is 0.634. The number of aryl methyl sites for hydroxylation is 1. The van der Waals surface area contributed by atoms with E-state index in [9.17, 15) is 0 Å². The first-order valence-electron chi connectivity index (χ1n) is 8.39. The van der Waals surface area contributed by atoms with E-state index in [0.717, 1.165) is 40.3 Å². The molecular formula is C20H20ClN3. The number of rotatable bonds is 5. The number of para-hydroxylation sites is 1. The summed E-state index contributed by atoms with van der Waals surface area (Å²) < 4.78 is 0. The van der Waals surface area contributed by atoms with Crippen LogP contribution in [0.1, 0.15) is 29.7 Å². The van der Waals surface area contributed by atoms with Crippen molar-refractivity contribution in [3.63, 3.8) is 0 Å². The number of fused-ring (bicyclic) bond motifs is 1. The summed E-state index contributed by atoms with van der Waals surface area (Å²) in [6.07, 6.45) is 6.26. The van der Waals surface area contributed by atoms with Crippen molar-refractivity contribution in [1.82, 2.24) is 14.9 Å². The van der Waals surface area contributed by atoms with E-state index in [1.165, 1.54) is 18.4 Å². The van der Waals surface area contributed by atoms with Crippen molar-refractivity contribution < 1.29 is 0 Å². The number of hydrogen-bond donors (Lipinski definition) is 0. The smallest absolute Gasteiger partial charge is 0.0740 e. The zero-order chi connectivity index (χ0) is 16.5. The molecule has 1 saturated carbocycles. The Morgan fingerprint density at radius 2 is 1.96 bits per heavy atom. The predicted molar refractivity (Wildman–Crippen MR) is 98.0 cm³/mol. The molecule has 1 aliphatic rings. The maximum atomic E-state index is 6.64. The summed E-state index contributed by atoms with van der Waals surface area (Å²) in [7, 11) is 0. The standard InChI is InChI=1S/C20H20ClN3/c1-14-17-6-2-3-7-18(17)23-19(20(14)21)13-24(16-8-9-16)12-15-5-4-10-22-11-15/h2-7,10-11,16H,8-9,12-13H2,1H3. The average molecular weight is 338 g/mol. The lowest BCUT2D eigenvalue weighted by Crippen LogP contribution is -2.26. The first-order valence-corrected chi connectivity index (χ1v) is 8.77. The lowest BCUT2D eigenvalue weighted by Gasteiger charge is -2.23. The molecule has 1 aliphatic carbocycles. The normalized spacial score (nSPS) is 14.5. The minimum Gasteiger partial charge on any atom is -0.290 e. The highest BCUT2D eigenvalue weighted by Crippen LogP contribution is 2.33. The number of aromatic nitrogens is 2. The minimum atomic E-state index is 0.634. The van der Waals surface area contributed by atoms with Crippen LogP contribution in [0.15, 0.2) is 48.8 Å². The zero-order valence-electron chi connectivity index (χ0n) is 13.7. The fourth-order valence-electron chi connectivity index (χ4n) is 3.19. The van der Waals surface area contributed by atoms with Crippen LogP contribution in [0.4, 0.5) is 0 Å². The Bertz CT molecular complexity index is 859. The Morgan fingerprint density at radius 3 is 2.71 bits per heavy atom. The lowest BCUT2D eigenvalue weighted by molar-refractivity contribution is 0.243. The highest BCUT2D eigenvalue weighted by molar-refractivity contribution is 6.32. The summed E-state index contributed by atoms with van der Waals surface area (Å²) in [5, 5.41) is 1.93. The van der Waals surface area contributed by atoms with Gasteiger partial charge >= 0.3 is 0 Å². The van der Waals surface area contributed by atoms with Gasteiger partial charge in [0.25, 0.3) is 0 Å². The van der Waals surface area contributed by atoms with E-state index in [0.29, 0.717) is 6.04 Å². The second kappa shape index (κ2) is 6.50. The van der Waals surface area contributed by atoms with Crippen LogP contribution >= 0.6 is 11.6 Å². The Morgan fingerprint density at radius 1 is 1.12 bits per heavy atom. The van der Waals surface area contributed by atoms with Crippen LogP contribution in [-0.2, 0) is 13.1 Å². The molecule has 24 heavy (non-hydrogen) atoms. The van der Waals surface area contributed by atoms with E-state index in [1.54, 1.807) is 0 Å². The van der Waals surface area contributed by atoms with Gasteiger partial charge in [-0.05, 0) is 43.0 Å². The molecule has 2 heterocycles. The van der Waals surface area contributed by atoms with Crippen molar-refractivity contribution >= 4 is 22.5 Å². The molecule has 1 aromatic carbocycles. The second-order valence-electron chi connectivity index (χ2n) is 6.51. The molecule has 0 atom stereocenters. The zero-order valence-corrected chi connectivity index (χ0v) is 14.5. The first-order chi connectivity index (χ1) is 11.7. The third-order valence-electron chi connectivity index (χ3n) is 4.67. The molecule has 0 aliphatic heterocycles. The number of hydrogen-bond acceptors (Lipinski definition) is 3. The fraction of sp³-hybridized carbons (Fsp3) is 0.300. The monoisotopic (exact) mass is 337 g/mol. The quantitative estimate of drug-likeness (QED) is 0.672. The molecule has 3 nitrogen and oxygen atoms in total. The number of halogens is 1. The maximum Gasteiger partial charge on any atom is 0.0740 e. The molecule has 3 aromatic rings. The van der Waals surface area contributed by atoms with Gasteiger partial charge in [0.05, 0.1) is 16.2 Å². The molecule has 4 rings (SSSR count). The van der Waals surface area contributed by atoms with Gasteiger partial charge < -0.3 is 0 Å². The van der Waals surface area contributed by atoms with Crippen LogP contribution < -0.4 is 0 Å². The predicted octanol–water partition coefficient (Wildman–Crippen LogP) is 4.76. The van der Waals surface area contributed by atoms with Gasteiger partial charge in [-0.15, -0.1) is 0 Å². The first kappa shape index (κ1) is 15.6. The molecular weight excluding hydrogens is 318 g/mol. The van der Waals surface area contributed by atoms with Gasteiger partial charge in [-0.1, -0.05) is 35.9 Å². The number of pyridine rings is 2. The van der Waals surface area contributed by atoms with Crippen molar-refractivity contribution in [2.45, 2.75) is 38.9 Å². The van der Waals surface area contributed by atoms with Crippen LogP contribution in [0.25, 0.3) is 10.9 Å². The summed E-state index contributed by atoms with van der Waals surface area (Å²) in [5.74, 6) is 0. The molecule has 122 valence electrons. The Labute approximate surface area is 147 Å². The van der Waals surface area contributed by atoms with Crippen LogP contribution in [0.3, 0.4) is 0 Å². The van der Waals surface area contributed by atoms with E-state index < -0.39 is 0 Å². The molecule has 1 fully saturated rings. The van der Waals surface area contributed by atoms with Gasteiger partial charge in [-0.25, -0.2) is 4.98 Å². The van der Waals surface area contributed by atoms with Crippen molar-refractivity contribution in [1.29, 1.82) is 0 Å². The van der Waals surface area contributed by atoms with E-state index in [-0.39, 0.29) is 0 Å². The van der Waals surface area contributed by atoms with Crippen LogP contribution in [0, 0.1) is 6.92 Å². The summed E-state index contributed by atoms with van der Waals surface area (Å²) in [6, 6.07) is 13.0. The van der Waals surface area contributed by atoms with Crippen molar-refractivity contribution in [3.8, 4) is 0 Å². The second-order valence-corrected chi connectivity index (χ2v) is 6.89. The van der Waals surface area contributed by atoms with Gasteiger partial charge in [0.1, 0.15) is 0 Å². The maximum absolute atomic E-state index is 6.64. The van der Waals surface area contributed by atoms with Crippen LogP contribution in [0.5, 0.6) is 0 Å². The molecule has 0 radical (unpaired) electrons. The van der Waals surface area contributed by atoms with E-state index in [4.69, 9.17) is 16.6 Å². The number of nitrogens with zero attached hydrogens (tertiary/aromatic N) is 3. The average Bonchev–Trinajstić information content (AvgIpc) is 3.45. The Hall–Kier alpha value is -1.97. The Kier molecular flexibility index (Phi) is 4.21. The lowest BCUT2D eigenvalue weighted by atomic mass is 10.1. The molecule has 0 saturated heterocycles. The van der Waals surface area contributed by atoms with Gasteiger partial charge in [0, 0.05) is 36.9 Å².